The average molecular weight is 386 g/mol. The zero-order valence-corrected chi connectivity index (χ0v) is 16.5. The van der Waals surface area contributed by atoms with Crippen LogP contribution in [-0.4, -0.2) is 61.7 Å². The van der Waals surface area contributed by atoms with E-state index in [4.69, 9.17) is 0 Å². The maximum atomic E-state index is 12.3. The molecule has 2 amide bonds. The Labute approximate surface area is 152 Å². The maximum absolute atomic E-state index is 12.3. The van der Waals surface area contributed by atoms with Crippen molar-refractivity contribution in [2.75, 3.05) is 38.3 Å². The number of carbonyl (C=O) groups excluding carboxylic acids is 2. The monoisotopic (exact) mass is 385 g/mol. The second-order valence-electron chi connectivity index (χ2n) is 6.10. The molecule has 0 saturated carbocycles. The van der Waals surface area contributed by atoms with Crippen LogP contribution < -0.4 is 5.32 Å². The molecular formula is C16H23N3O4S2. The molecule has 25 heavy (non-hydrogen) atoms. The summed E-state index contributed by atoms with van der Waals surface area (Å²) in [6.45, 7) is 4.66. The summed E-state index contributed by atoms with van der Waals surface area (Å²) >= 11 is 1.26. The third kappa shape index (κ3) is 4.53. The lowest BCUT2D eigenvalue weighted by atomic mass is 10.1. The van der Waals surface area contributed by atoms with Crippen molar-refractivity contribution in [1.82, 2.24) is 9.21 Å². The van der Waals surface area contributed by atoms with Crippen molar-refractivity contribution in [3.05, 3.63) is 23.3 Å². The molecule has 1 heterocycles. The van der Waals surface area contributed by atoms with Gasteiger partial charge >= 0.3 is 0 Å². The number of nitrogens with one attached hydrogen (secondary N) is 1. The second-order valence-corrected chi connectivity index (χ2v) is 9.30. The quantitative estimate of drug-likeness (QED) is 0.810. The Kier molecular flexibility index (Phi) is 6.12. The lowest BCUT2D eigenvalue weighted by molar-refractivity contribution is -0.116. The van der Waals surface area contributed by atoms with Gasteiger partial charge in [-0.05, 0) is 37.1 Å². The van der Waals surface area contributed by atoms with Crippen LogP contribution in [0.15, 0.2) is 17.0 Å². The zero-order chi connectivity index (χ0) is 18.8. The van der Waals surface area contributed by atoms with Crippen LogP contribution in [0.3, 0.4) is 0 Å². The van der Waals surface area contributed by atoms with Gasteiger partial charge in [0.25, 0.3) is 5.24 Å². The van der Waals surface area contributed by atoms with Gasteiger partial charge in [0.2, 0.25) is 15.9 Å². The smallest absolute Gasteiger partial charge is 0.281 e. The molecular weight excluding hydrogens is 362 g/mol. The second kappa shape index (κ2) is 7.76. The molecule has 0 unspecified atom stereocenters. The number of thioether (sulfide) groups is 1. The van der Waals surface area contributed by atoms with E-state index in [1.807, 2.05) is 6.92 Å². The summed E-state index contributed by atoms with van der Waals surface area (Å²) in [6.07, 6.45) is 0.176. The Morgan fingerprint density at radius 3 is 2.56 bits per heavy atom. The van der Waals surface area contributed by atoms with Crippen molar-refractivity contribution in [2.45, 2.75) is 25.2 Å². The van der Waals surface area contributed by atoms with Gasteiger partial charge in [-0.2, -0.15) is 0 Å². The molecule has 1 aliphatic rings. The van der Waals surface area contributed by atoms with Crippen LogP contribution >= 0.6 is 11.8 Å². The molecule has 0 aromatic heterocycles. The third-order valence-corrected chi connectivity index (χ3v) is 6.83. The van der Waals surface area contributed by atoms with Crippen molar-refractivity contribution in [3.63, 3.8) is 0 Å². The lowest BCUT2D eigenvalue weighted by Gasteiger charge is -2.17. The molecule has 1 saturated heterocycles. The summed E-state index contributed by atoms with van der Waals surface area (Å²) in [5.74, 6) is 0.509. The van der Waals surface area contributed by atoms with Gasteiger partial charge in [-0.3, -0.25) is 9.59 Å². The summed E-state index contributed by atoms with van der Waals surface area (Å²) in [6, 6.07) is 3.08. The molecule has 0 radical (unpaired) electrons. The SMILES string of the molecule is Cc1cc(S(=O)(=O)N(C)C)cc(NC(=O)CCN2CCSC2=O)c1C. The van der Waals surface area contributed by atoms with E-state index in [1.54, 1.807) is 17.9 Å². The van der Waals surface area contributed by atoms with Crippen LogP contribution in [0, 0.1) is 13.8 Å². The summed E-state index contributed by atoms with van der Waals surface area (Å²) < 4.78 is 25.8. The van der Waals surface area contributed by atoms with Crippen molar-refractivity contribution in [2.24, 2.45) is 0 Å². The van der Waals surface area contributed by atoms with Gasteiger partial charge in [0, 0.05) is 45.0 Å². The van der Waals surface area contributed by atoms with E-state index in [9.17, 15) is 18.0 Å². The highest BCUT2D eigenvalue weighted by atomic mass is 32.2. The van der Waals surface area contributed by atoms with Crippen molar-refractivity contribution in [1.29, 1.82) is 0 Å². The minimum atomic E-state index is -3.58. The third-order valence-electron chi connectivity index (χ3n) is 4.15. The van der Waals surface area contributed by atoms with Crippen LogP contribution in [0.25, 0.3) is 0 Å². The van der Waals surface area contributed by atoms with Crippen molar-refractivity contribution < 1.29 is 18.0 Å². The summed E-state index contributed by atoms with van der Waals surface area (Å²) in [4.78, 5) is 25.6. The Balaban J connectivity index is 2.14. The van der Waals surface area contributed by atoms with E-state index < -0.39 is 10.0 Å². The minimum absolute atomic E-state index is 0.00102. The first-order valence-electron chi connectivity index (χ1n) is 7.88. The Bertz CT molecular complexity index is 791. The predicted molar refractivity (Wildman–Crippen MR) is 99.5 cm³/mol. The normalized spacial score (nSPS) is 15.1. The fourth-order valence-electron chi connectivity index (χ4n) is 2.39. The van der Waals surface area contributed by atoms with Crippen LogP contribution in [0.1, 0.15) is 17.5 Å². The highest BCUT2D eigenvalue weighted by Crippen LogP contribution is 2.26. The van der Waals surface area contributed by atoms with Gasteiger partial charge in [0.1, 0.15) is 0 Å². The number of nitrogens with zero attached hydrogens (tertiary/aromatic N) is 2. The molecule has 1 fully saturated rings. The molecule has 1 aromatic rings. The zero-order valence-electron chi connectivity index (χ0n) is 14.8. The van der Waals surface area contributed by atoms with Crippen LogP contribution in [0.2, 0.25) is 0 Å². The van der Waals surface area contributed by atoms with Gasteiger partial charge in [-0.25, -0.2) is 12.7 Å². The molecule has 0 aliphatic carbocycles. The number of hydrogen-bond acceptors (Lipinski definition) is 5. The van der Waals surface area contributed by atoms with E-state index in [-0.39, 0.29) is 22.5 Å². The van der Waals surface area contributed by atoms with Crippen LogP contribution in [0.4, 0.5) is 10.5 Å². The standard InChI is InChI=1S/C16H23N3O4S2/c1-11-9-13(25(22,23)18(3)4)10-14(12(11)2)17-15(20)5-6-19-7-8-24-16(19)21/h9-10H,5-8H2,1-4H3,(H,17,20). The molecule has 7 nitrogen and oxygen atoms in total. The molecule has 1 N–H and O–H groups in total. The summed E-state index contributed by atoms with van der Waals surface area (Å²) in [5, 5.41) is 2.77. The molecule has 0 atom stereocenters. The average Bonchev–Trinajstić information content (AvgIpc) is 2.94. The first-order chi connectivity index (χ1) is 11.6. The first-order valence-corrected chi connectivity index (χ1v) is 10.3. The highest BCUT2D eigenvalue weighted by molar-refractivity contribution is 8.13. The number of aryl methyl sites for hydroxylation is 1. The van der Waals surface area contributed by atoms with Gasteiger partial charge in [-0.1, -0.05) is 11.8 Å². The molecule has 138 valence electrons. The van der Waals surface area contributed by atoms with E-state index in [2.05, 4.69) is 5.32 Å². The molecule has 9 heteroatoms. The summed E-state index contributed by atoms with van der Waals surface area (Å²) in [5.41, 5.74) is 2.08. The van der Waals surface area contributed by atoms with Gasteiger partial charge in [0.15, 0.2) is 0 Å². The topological polar surface area (TPSA) is 86.8 Å². The van der Waals surface area contributed by atoms with Crippen molar-refractivity contribution >= 4 is 38.6 Å². The Morgan fingerprint density at radius 2 is 2.00 bits per heavy atom. The Hall–Kier alpha value is -1.58. The molecule has 1 aliphatic heterocycles. The van der Waals surface area contributed by atoms with Crippen molar-refractivity contribution in [3.8, 4) is 0 Å². The highest BCUT2D eigenvalue weighted by Gasteiger charge is 2.22. The van der Waals surface area contributed by atoms with E-state index in [0.717, 1.165) is 21.2 Å². The van der Waals surface area contributed by atoms with Crippen LogP contribution in [-0.2, 0) is 14.8 Å². The van der Waals surface area contributed by atoms with E-state index >= 15 is 0 Å². The first kappa shape index (κ1) is 19.7. The Morgan fingerprint density at radius 1 is 1.32 bits per heavy atom. The fourth-order valence-corrected chi connectivity index (χ4v) is 4.26. The van der Waals surface area contributed by atoms with Gasteiger partial charge < -0.3 is 10.2 Å². The van der Waals surface area contributed by atoms with Gasteiger partial charge in [0.05, 0.1) is 4.90 Å². The number of sulfonamides is 1. The number of anilines is 1. The maximum Gasteiger partial charge on any atom is 0.281 e. The lowest BCUT2D eigenvalue weighted by Crippen LogP contribution is -2.28. The number of amides is 2. The number of benzene rings is 1. The van der Waals surface area contributed by atoms with E-state index in [1.165, 1.54) is 31.9 Å². The summed E-state index contributed by atoms with van der Waals surface area (Å²) in [7, 11) is -0.648. The number of hydrogen-bond donors (Lipinski definition) is 1. The minimum Gasteiger partial charge on any atom is -0.332 e. The van der Waals surface area contributed by atoms with Gasteiger partial charge in [-0.15, -0.1) is 0 Å². The predicted octanol–water partition coefficient (Wildman–Crippen LogP) is 2.05. The molecule has 2 rings (SSSR count). The molecule has 0 bridgehead atoms. The van der Waals surface area contributed by atoms with E-state index in [0.29, 0.717) is 18.8 Å². The fraction of sp³-hybridized carbons (Fsp3) is 0.500. The largest absolute Gasteiger partial charge is 0.332 e. The number of carbonyl (C=O) groups is 2. The number of rotatable bonds is 6. The molecule has 0 spiro atoms. The van der Waals surface area contributed by atoms with Crippen LogP contribution in [0.5, 0.6) is 0 Å². The molecule has 1 aromatic carbocycles.